The lowest BCUT2D eigenvalue weighted by molar-refractivity contribution is 0.912. The average Bonchev–Trinajstić information content (AvgIpc) is 2.16. The van der Waals surface area contributed by atoms with Crippen molar-refractivity contribution in [3.63, 3.8) is 0 Å². The number of nitrogens with zero attached hydrogens (tertiary/aromatic N) is 2. The van der Waals surface area contributed by atoms with E-state index in [4.69, 9.17) is 16.9 Å². The Morgan fingerprint density at radius 3 is 2.69 bits per heavy atom. The van der Waals surface area contributed by atoms with Crippen molar-refractivity contribution >= 4 is 17.3 Å². The SMILES string of the molecule is CCN(CC#N)c1ccccc1Cl. The standard InChI is InChI=1S/C10H11ClN2/c1-2-13(8-7-12)10-6-4-3-5-9(10)11/h3-6H,2,8H2,1H3. The fraction of sp³-hybridized carbons (Fsp3) is 0.300. The number of anilines is 1. The molecular weight excluding hydrogens is 184 g/mol. The lowest BCUT2D eigenvalue weighted by Gasteiger charge is -2.20. The van der Waals surface area contributed by atoms with Gasteiger partial charge in [-0.3, -0.25) is 0 Å². The van der Waals surface area contributed by atoms with Crippen LogP contribution in [0.1, 0.15) is 6.92 Å². The molecule has 0 bridgehead atoms. The van der Waals surface area contributed by atoms with Crippen molar-refractivity contribution in [3.8, 4) is 6.07 Å². The third kappa shape index (κ3) is 2.37. The topological polar surface area (TPSA) is 27.0 Å². The van der Waals surface area contributed by atoms with Crippen molar-refractivity contribution in [1.29, 1.82) is 5.26 Å². The third-order valence-electron chi connectivity index (χ3n) is 1.84. The van der Waals surface area contributed by atoms with Gasteiger partial charge in [0, 0.05) is 6.54 Å². The van der Waals surface area contributed by atoms with Crippen molar-refractivity contribution in [2.75, 3.05) is 18.0 Å². The van der Waals surface area contributed by atoms with Crippen molar-refractivity contribution in [1.82, 2.24) is 0 Å². The number of nitriles is 1. The predicted molar refractivity (Wildman–Crippen MR) is 55.0 cm³/mol. The Morgan fingerprint density at radius 1 is 1.46 bits per heavy atom. The minimum atomic E-state index is 0.375. The first-order chi connectivity index (χ1) is 6.29. The van der Waals surface area contributed by atoms with Gasteiger partial charge >= 0.3 is 0 Å². The Balaban J connectivity index is 2.92. The molecule has 13 heavy (non-hydrogen) atoms. The summed E-state index contributed by atoms with van der Waals surface area (Å²) in [4.78, 5) is 1.93. The molecule has 1 aromatic carbocycles. The minimum Gasteiger partial charge on any atom is -0.357 e. The molecule has 1 rings (SSSR count). The second-order valence-electron chi connectivity index (χ2n) is 2.62. The Labute approximate surface area is 83.3 Å². The molecule has 0 N–H and O–H groups in total. The third-order valence-corrected chi connectivity index (χ3v) is 2.16. The van der Waals surface area contributed by atoms with E-state index in [0.717, 1.165) is 12.2 Å². The first-order valence-corrected chi connectivity index (χ1v) is 4.53. The van der Waals surface area contributed by atoms with Crippen LogP contribution in [0.4, 0.5) is 5.69 Å². The maximum absolute atomic E-state index is 8.59. The zero-order valence-electron chi connectivity index (χ0n) is 7.50. The van der Waals surface area contributed by atoms with E-state index in [1.807, 2.05) is 36.1 Å². The van der Waals surface area contributed by atoms with E-state index in [1.54, 1.807) is 0 Å². The van der Waals surface area contributed by atoms with Crippen LogP contribution < -0.4 is 4.90 Å². The summed E-state index contributed by atoms with van der Waals surface area (Å²) in [7, 11) is 0. The van der Waals surface area contributed by atoms with Crippen molar-refractivity contribution in [2.45, 2.75) is 6.92 Å². The highest BCUT2D eigenvalue weighted by Gasteiger charge is 2.06. The summed E-state index contributed by atoms with van der Waals surface area (Å²) < 4.78 is 0. The van der Waals surface area contributed by atoms with Gasteiger partial charge in [-0.05, 0) is 19.1 Å². The van der Waals surface area contributed by atoms with Gasteiger partial charge in [0.25, 0.3) is 0 Å². The zero-order chi connectivity index (χ0) is 9.68. The molecule has 0 saturated heterocycles. The van der Waals surface area contributed by atoms with Crippen LogP contribution >= 0.6 is 11.6 Å². The van der Waals surface area contributed by atoms with E-state index in [9.17, 15) is 0 Å². The van der Waals surface area contributed by atoms with Crippen LogP contribution in [0.5, 0.6) is 0 Å². The molecule has 0 saturated carbocycles. The van der Waals surface area contributed by atoms with E-state index in [1.165, 1.54) is 0 Å². The second kappa shape index (κ2) is 4.74. The molecule has 1 aromatic rings. The van der Waals surface area contributed by atoms with E-state index >= 15 is 0 Å². The fourth-order valence-corrected chi connectivity index (χ4v) is 1.42. The van der Waals surface area contributed by atoms with E-state index < -0.39 is 0 Å². The van der Waals surface area contributed by atoms with Crippen molar-refractivity contribution in [2.24, 2.45) is 0 Å². The van der Waals surface area contributed by atoms with E-state index in [-0.39, 0.29) is 0 Å². The quantitative estimate of drug-likeness (QED) is 0.692. The van der Waals surface area contributed by atoms with Gasteiger partial charge in [0.15, 0.2) is 0 Å². The first kappa shape index (κ1) is 9.88. The van der Waals surface area contributed by atoms with Gasteiger partial charge < -0.3 is 4.90 Å². The minimum absolute atomic E-state index is 0.375. The molecular formula is C10H11ClN2. The van der Waals surface area contributed by atoms with E-state index in [0.29, 0.717) is 11.6 Å². The number of halogens is 1. The fourth-order valence-electron chi connectivity index (χ4n) is 1.16. The summed E-state index contributed by atoms with van der Waals surface area (Å²) >= 11 is 5.98. The molecule has 0 fully saturated rings. The summed E-state index contributed by atoms with van der Waals surface area (Å²) in [5.74, 6) is 0. The van der Waals surface area contributed by atoms with Crippen LogP contribution in [0.25, 0.3) is 0 Å². The number of para-hydroxylation sites is 1. The summed E-state index contributed by atoms with van der Waals surface area (Å²) in [6, 6.07) is 9.66. The van der Waals surface area contributed by atoms with E-state index in [2.05, 4.69) is 6.07 Å². The van der Waals surface area contributed by atoms with Gasteiger partial charge in [0.1, 0.15) is 6.54 Å². The molecule has 0 aliphatic rings. The average molecular weight is 195 g/mol. The summed E-state index contributed by atoms with van der Waals surface area (Å²) in [6.07, 6.45) is 0. The normalized spacial score (nSPS) is 9.31. The summed E-state index contributed by atoms with van der Waals surface area (Å²) in [6.45, 7) is 3.16. The largest absolute Gasteiger partial charge is 0.357 e. The van der Waals surface area contributed by atoms with Crippen molar-refractivity contribution < 1.29 is 0 Å². The molecule has 0 radical (unpaired) electrons. The highest BCUT2D eigenvalue weighted by molar-refractivity contribution is 6.33. The molecule has 0 atom stereocenters. The van der Waals surface area contributed by atoms with Gasteiger partial charge in [-0.2, -0.15) is 5.26 Å². The summed E-state index contributed by atoms with van der Waals surface area (Å²) in [5.41, 5.74) is 0.924. The second-order valence-corrected chi connectivity index (χ2v) is 3.03. The molecule has 2 nitrogen and oxygen atoms in total. The molecule has 0 aliphatic carbocycles. The molecule has 0 aliphatic heterocycles. The highest BCUT2D eigenvalue weighted by Crippen LogP contribution is 2.24. The van der Waals surface area contributed by atoms with Crippen LogP contribution in [-0.4, -0.2) is 13.1 Å². The smallest absolute Gasteiger partial charge is 0.105 e. The highest BCUT2D eigenvalue weighted by atomic mass is 35.5. The molecule has 3 heteroatoms. The van der Waals surface area contributed by atoms with Gasteiger partial charge in [-0.15, -0.1) is 0 Å². The number of hydrogen-bond donors (Lipinski definition) is 0. The monoisotopic (exact) mass is 194 g/mol. The first-order valence-electron chi connectivity index (χ1n) is 4.16. The van der Waals surface area contributed by atoms with Gasteiger partial charge in [0.2, 0.25) is 0 Å². The Hall–Kier alpha value is -1.20. The van der Waals surface area contributed by atoms with Crippen LogP contribution in [-0.2, 0) is 0 Å². The number of rotatable bonds is 3. The Kier molecular flexibility index (Phi) is 3.60. The van der Waals surface area contributed by atoms with Gasteiger partial charge in [-0.1, -0.05) is 23.7 Å². The molecule has 68 valence electrons. The van der Waals surface area contributed by atoms with Gasteiger partial charge in [0.05, 0.1) is 16.8 Å². The predicted octanol–water partition coefficient (Wildman–Crippen LogP) is 2.69. The molecule has 0 aromatic heterocycles. The Morgan fingerprint density at radius 2 is 2.15 bits per heavy atom. The van der Waals surface area contributed by atoms with Gasteiger partial charge in [-0.25, -0.2) is 0 Å². The maximum Gasteiger partial charge on any atom is 0.105 e. The van der Waals surface area contributed by atoms with Crippen LogP contribution in [0.3, 0.4) is 0 Å². The van der Waals surface area contributed by atoms with Crippen molar-refractivity contribution in [3.05, 3.63) is 29.3 Å². The molecule has 0 heterocycles. The lowest BCUT2D eigenvalue weighted by Crippen LogP contribution is -2.22. The van der Waals surface area contributed by atoms with Crippen LogP contribution in [0.2, 0.25) is 5.02 Å². The maximum atomic E-state index is 8.59. The molecule has 0 amide bonds. The molecule has 0 unspecified atom stereocenters. The Bertz CT molecular complexity index is 317. The number of benzene rings is 1. The molecule has 0 spiro atoms. The van der Waals surface area contributed by atoms with Crippen LogP contribution in [0, 0.1) is 11.3 Å². The number of hydrogen-bond acceptors (Lipinski definition) is 2. The zero-order valence-corrected chi connectivity index (χ0v) is 8.25. The summed E-state index contributed by atoms with van der Waals surface area (Å²) in [5, 5.41) is 9.28. The van der Waals surface area contributed by atoms with Crippen LogP contribution in [0.15, 0.2) is 24.3 Å². The lowest BCUT2D eigenvalue weighted by atomic mass is 10.3.